The highest BCUT2D eigenvalue weighted by Crippen LogP contribution is 2.37. The van der Waals surface area contributed by atoms with Crippen molar-refractivity contribution in [1.82, 2.24) is 9.97 Å². The number of unbranched alkanes of at least 4 members (excludes halogenated alkanes) is 6. The molecule has 0 aliphatic heterocycles. The van der Waals surface area contributed by atoms with E-state index in [1.54, 1.807) is 0 Å². The van der Waals surface area contributed by atoms with E-state index >= 15 is 0 Å². The third-order valence-corrected chi connectivity index (χ3v) is 7.26. The Labute approximate surface area is 191 Å². The van der Waals surface area contributed by atoms with E-state index in [9.17, 15) is 0 Å². The summed E-state index contributed by atoms with van der Waals surface area (Å²) >= 11 is 0. The summed E-state index contributed by atoms with van der Waals surface area (Å²) in [5.41, 5.74) is 5.01. The van der Waals surface area contributed by atoms with Gasteiger partial charge in [-0.1, -0.05) is 89.5 Å². The molecule has 31 heavy (non-hydrogen) atoms. The maximum absolute atomic E-state index is 4.96. The average Bonchev–Trinajstić information content (AvgIpc) is 2.80. The SMILES string of the molecule is CCCCCCCc1ccc(-c2cnc([C@H]3CC[C@H](CCCCC)CC3)nc2C)cc1. The lowest BCUT2D eigenvalue weighted by Gasteiger charge is -2.28. The van der Waals surface area contributed by atoms with E-state index in [4.69, 9.17) is 9.97 Å². The van der Waals surface area contributed by atoms with Crippen LogP contribution in [0.15, 0.2) is 30.5 Å². The molecular weight excluding hydrogens is 376 g/mol. The smallest absolute Gasteiger partial charge is 0.131 e. The summed E-state index contributed by atoms with van der Waals surface area (Å²) in [6.45, 7) is 6.72. The standard InChI is InChI=1S/C29H44N2/c1-4-6-8-9-11-13-25-14-18-26(19-15-25)28-22-30-29(31-23(28)3)27-20-16-24(17-21-27)12-10-7-5-2/h14-15,18-19,22,24,27H,4-13,16-17,20-21H2,1-3H3/t24-,27-. The van der Waals surface area contributed by atoms with Crippen molar-refractivity contribution in [2.75, 3.05) is 0 Å². The van der Waals surface area contributed by atoms with E-state index < -0.39 is 0 Å². The van der Waals surface area contributed by atoms with Crippen molar-refractivity contribution in [3.63, 3.8) is 0 Å². The topological polar surface area (TPSA) is 25.8 Å². The van der Waals surface area contributed by atoms with Crippen LogP contribution >= 0.6 is 0 Å². The first kappa shape index (κ1) is 24.0. The minimum absolute atomic E-state index is 0.560. The lowest BCUT2D eigenvalue weighted by Crippen LogP contribution is -2.16. The molecule has 0 saturated heterocycles. The summed E-state index contributed by atoms with van der Waals surface area (Å²) in [6.07, 6.45) is 20.8. The molecule has 3 rings (SSSR count). The van der Waals surface area contributed by atoms with E-state index in [0.717, 1.165) is 17.4 Å². The number of hydrogen-bond acceptors (Lipinski definition) is 2. The third-order valence-electron chi connectivity index (χ3n) is 7.26. The van der Waals surface area contributed by atoms with Gasteiger partial charge >= 0.3 is 0 Å². The third kappa shape index (κ3) is 7.44. The molecule has 1 aliphatic rings. The van der Waals surface area contributed by atoms with Gasteiger partial charge in [0, 0.05) is 23.4 Å². The molecule has 1 heterocycles. The van der Waals surface area contributed by atoms with Gasteiger partial charge in [-0.05, 0) is 62.5 Å². The van der Waals surface area contributed by atoms with Crippen LogP contribution in [0.25, 0.3) is 11.1 Å². The van der Waals surface area contributed by atoms with Gasteiger partial charge in [0.15, 0.2) is 0 Å². The first-order valence-corrected chi connectivity index (χ1v) is 13.1. The van der Waals surface area contributed by atoms with Crippen LogP contribution in [0.2, 0.25) is 0 Å². The van der Waals surface area contributed by atoms with Crippen LogP contribution in [-0.4, -0.2) is 9.97 Å². The molecule has 1 aliphatic carbocycles. The minimum Gasteiger partial charge on any atom is -0.240 e. The maximum Gasteiger partial charge on any atom is 0.131 e. The number of rotatable bonds is 12. The van der Waals surface area contributed by atoms with Crippen LogP contribution in [0.5, 0.6) is 0 Å². The summed E-state index contributed by atoms with van der Waals surface area (Å²) in [7, 11) is 0. The second-order valence-corrected chi connectivity index (χ2v) is 9.80. The number of benzene rings is 1. The van der Waals surface area contributed by atoms with Crippen molar-refractivity contribution in [3.8, 4) is 11.1 Å². The molecule has 2 heteroatoms. The second-order valence-electron chi connectivity index (χ2n) is 9.80. The zero-order valence-electron chi connectivity index (χ0n) is 20.3. The van der Waals surface area contributed by atoms with E-state index in [1.807, 2.05) is 0 Å². The van der Waals surface area contributed by atoms with Crippen LogP contribution in [0.4, 0.5) is 0 Å². The lowest BCUT2D eigenvalue weighted by atomic mass is 9.79. The van der Waals surface area contributed by atoms with Crippen molar-refractivity contribution >= 4 is 0 Å². The minimum atomic E-state index is 0.560. The molecule has 1 saturated carbocycles. The Morgan fingerprint density at radius 3 is 2.16 bits per heavy atom. The normalized spacial score (nSPS) is 18.9. The van der Waals surface area contributed by atoms with Crippen molar-refractivity contribution in [1.29, 1.82) is 0 Å². The van der Waals surface area contributed by atoms with Gasteiger partial charge in [0.2, 0.25) is 0 Å². The highest BCUT2D eigenvalue weighted by atomic mass is 14.9. The Bertz CT molecular complexity index is 757. The fourth-order valence-electron chi connectivity index (χ4n) is 5.14. The zero-order valence-corrected chi connectivity index (χ0v) is 20.3. The highest BCUT2D eigenvalue weighted by Gasteiger charge is 2.24. The fraction of sp³-hybridized carbons (Fsp3) is 0.655. The van der Waals surface area contributed by atoms with Gasteiger partial charge < -0.3 is 0 Å². The average molecular weight is 421 g/mol. The number of nitrogens with zero attached hydrogens (tertiary/aromatic N) is 2. The fourth-order valence-corrected chi connectivity index (χ4v) is 5.14. The molecule has 0 atom stereocenters. The van der Waals surface area contributed by atoms with Crippen LogP contribution in [0.1, 0.15) is 120 Å². The lowest BCUT2D eigenvalue weighted by molar-refractivity contribution is 0.297. The first-order chi connectivity index (χ1) is 15.2. The molecular formula is C29H44N2. The van der Waals surface area contributed by atoms with Gasteiger partial charge in [-0.2, -0.15) is 0 Å². The Morgan fingerprint density at radius 1 is 0.806 bits per heavy atom. The monoisotopic (exact) mass is 420 g/mol. The Balaban J connectivity index is 1.52. The molecule has 1 aromatic heterocycles. The van der Waals surface area contributed by atoms with Gasteiger partial charge in [-0.3, -0.25) is 0 Å². The largest absolute Gasteiger partial charge is 0.240 e. The van der Waals surface area contributed by atoms with Crippen molar-refractivity contribution in [2.45, 2.75) is 117 Å². The predicted molar refractivity (Wildman–Crippen MR) is 134 cm³/mol. The molecule has 0 spiro atoms. The maximum atomic E-state index is 4.96. The number of aromatic nitrogens is 2. The summed E-state index contributed by atoms with van der Waals surface area (Å²) in [4.78, 5) is 9.79. The van der Waals surface area contributed by atoms with Crippen LogP contribution in [-0.2, 0) is 6.42 Å². The molecule has 0 radical (unpaired) electrons. The Hall–Kier alpha value is -1.70. The van der Waals surface area contributed by atoms with E-state index in [-0.39, 0.29) is 0 Å². The summed E-state index contributed by atoms with van der Waals surface area (Å²) in [5.74, 6) is 2.58. The Morgan fingerprint density at radius 2 is 1.48 bits per heavy atom. The molecule has 2 aromatic rings. The molecule has 170 valence electrons. The number of aryl methyl sites for hydroxylation is 2. The molecule has 2 nitrogen and oxygen atoms in total. The zero-order chi connectivity index (χ0) is 21.9. The van der Waals surface area contributed by atoms with Crippen molar-refractivity contribution in [2.24, 2.45) is 5.92 Å². The number of hydrogen-bond donors (Lipinski definition) is 0. The molecule has 0 unspecified atom stereocenters. The molecule has 0 bridgehead atoms. The van der Waals surface area contributed by atoms with Crippen LogP contribution in [0.3, 0.4) is 0 Å². The quantitative estimate of drug-likeness (QED) is 0.320. The van der Waals surface area contributed by atoms with Crippen molar-refractivity contribution < 1.29 is 0 Å². The van der Waals surface area contributed by atoms with E-state index in [0.29, 0.717) is 5.92 Å². The van der Waals surface area contributed by atoms with Gasteiger partial charge in [0.05, 0.1) is 0 Å². The summed E-state index contributed by atoms with van der Waals surface area (Å²) in [6, 6.07) is 9.10. The molecule has 1 fully saturated rings. The summed E-state index contributed by atoms with van der Waals surface area (Å²) in [5, 5.41) is 0. The summed E-state index contributed by atoms with van der Waals surface area (Å²) < 4.78 is 0. The predicted octanol–water partition coefficient (Wildman–Crippen LogP) is 8.82. The molecule has 0 N–H and O–H groups in total. The first-order valence-electron chi connectivity index (χ1n) is 13.1. The van der Waals surface area contributed by atoms with Crippen LogP contribution < -0.4 is 0 Å². The Kier molecular flexibility index (Phi) is 10.0. The van der Waals surface area contributed by atoms with Gasteiger partial charge in [-0.25, -0.2) is 9.97 Å². The van der Waals surface area contributed by atoms with E-state index in [1.165, 1.54) is 107 Å². The molecule has 1 aromatic carbocycles. The van der Waals surface area contributed by atoms with Crippen molar-refractivity contribution in [3.05, 3.63) is 47.5 Å². The van der Waals surface area contributed by atoms with Gasteiger partial charge in [0.1, 0.15) is 5.82 Å². The second kappa shape index (κ2) is 13.0. The van der Waals surface area contributed by atoms with Crippen LogP contribution in [0, 0.1) is 12.8 Å². The van der Waals surface area contributed by atoms with Gasteiger partial charge in [-0.15, -0.1) is 0 Å². The van der Waals surface area contributed by atoms with E-state index in [2.05, 4.69) is 51.2 Å². The highest BCUT2D eigenvalue weighted by molar-refractivity contribution is 5.65. The van der Waals surface area contributed by atoms with Gasteiger partial charge in [0.25, 0.3) is 0 Å². The molecule has 0 amide bonds.